The van der Waals surface area contributed by atoms with Crippen LogP contribution in [0.15, 0.2) is 52.2 Å². The molecule has 1 aromatic carbocycles. The first-order chi connectivity index (χ1) is 15.8. The maximum Gasteiger partial charge on any atom is 0.233 e. The summed E-state index contributed by atoms with van der Waals surface area (Å²) in [5, 5.41) is 9.77. The maximum atomic E-state index is 13.0. The monoisotopic (exact) mass is 487 g/mol. The van der Waals surface area contributed by atoms with Crippen LogP contribution in [0.4, 0.5) is 0 Å². The summed E-state index contributed by atoms with van der Waals surface area (Å²) in [6, 6.07) is 10.9. The molecule has 33 heavy (non-hydrogen) atoms. The van der Waals surface area contributed by atoms with Gasteiger partial charge in [-0.15, -0.1) is 10.2 Å². The number of benzene rings is 1. The van der Waals surface area contributed by atoms with Crippen LogP contribution >= 0.6 is 23.4 Å². The number of hydrogen-bond donors (Lipinski definition) is 0. The highest BCUT2D eigenvalue weighted by atomic mass is 35.5. The number of thioether (sulfide) groups is 1. The summed E-state index contributed by atoms with van der Waals surface area (Å²) in [5.41, 5.74) is 0.781. The van der Waals surface area contributed by atoms with Crippen molar-refractivity contribution in [1.82, 2.24) is 24.6 Å². The van der Waals surface area contributed by atoms with Crippen molar-refractivity contribution in [3.63, 3.8) is 0 Å². The van der Waals surface area contributed by atoms with E-state index < -0.39 is 0 Å². The summed E-state index contributed by atoms with van der Waals surface area (Å²) < 4.78 is 7.37. The zero-order valence-electron chi connectivity index (χ0n) is 18.8. The Bertz CT molecular complexity index is 1130. The molecule has 2 aromatic heterocycles. The Morgan fingerprint density at radius 2 is 2.03 bits per heavy atom. The Labute approximate surface area is 201 Å². The zero-order valence-corrected chi connectivity index (χ0v) is 20.3. The second kappa shape index (κ2) is 10.0. The Morgan fingerprint density at radius 1 is 1.21 bits per heavy atom. The van der Waals surface area contributed by atoms with Crippen molar-refractivity contribution in [2.75, 3.05) is 25.4 Å². The van der Waals surface area contributed by atoms with Crippen LogP contribution < -0.4 is 0 Å². The lowest BCUT2D eigenvalue weighted by Gasteiger charge is -2.40. The van der Waals surface area contributed by atoms with Crippen molar-refractivity contribution in [2.45, 2.75) is 32.0 Å². The van der Waals surface area contributed by atoms with Crippen LogP contribution in [-0.4, -0.2) is 67.8 Å². The fraction of sp³-hybridized carbons (Fsp3) is 0.391. The molecule has 1 fully saturated rings. The fourth-order valence-corrected chi connectivity index (χ4v) is 4.88. The van der Waals surface area contributed by atoms with E-state index in [2.05, 4.69) is 10.2 Å². The summed E-state index contributed by atoms with van der Waals surface area (Å²) >= 11 is 7.53. The lowest BCUT2D eigenvalue weighted by molar-refractivity contribution is -0.143. The van der Waals surface area contributed by atoms with E-state index in [1.54, 1.807) is 18.4 Å². The first kappa shape index (κ1) is 23.4. The minimum absolute atomic E-state index is 0.00342. The zero-order chi connectivity index (χ0) is 23.5. The Morgan fingerprint density at radius 3 is 2.70 bits per heavy atom. The lowest BCUT2D eigenvalue weighted by Crippen LogP contribution is -2.56. The number of aromatic nitrogens is 3. The molecule has 0 N–H and O–H groups in total. The van der Waals surface area contributed by atoms with Crippen LogP contribution in [0.2, 0.25) is 5.02 Å². The lowest BCUT2D eigenvalue weighted by atomic mass is 10.1. The molecular formula is C23H26ClN5O3S. The van der Waals surface area contributed by atoms with E-state index in [0.717, 1.165) is 5.69 Å². The molecule has 174 valence electrons. The van der Waals surface area contributed by atoms with Crippen molar-refractivity contribution in [3.05, 3.63) is 47.7 Å². The van der Waals surface area contributed by atoms with Crippen LogP contribution in [0.25, 0.3) is 17.3 Å². The minimum atomic E-state index is -0.0496. The molecule has 1 aliphatic heterocycles. The number of halogens is 1. The van der Waals surface area contributed by atoms with Gasteiger partial charge in [-0.3, -0.25) is 14.2 Å². The van der Waals surface area contributed by atoms with Crippen LogP contribution in [0.3, 0.4) is 0 Å². The molecule has 4 rings (SSSR count). The molecule has 0 saturated carbocycles. The summed E-state index contributed by atoms with van der Waals surface area (Å²) in [6.45, 7) is 7.39. The molecule has 0 aliphatic carbocycles. The maximum absolute atomic E-state index is 13.0. The molecule has 3 aromatic rings. The van der Waals surface area contributed by atoms with Gasteiger partial charge in [0.05, 0.1) is 17.7 Å². The summed E-state index contributed by atoms with van der Waals surface area (Å²) in [6.07, 6.45) is 1.58. The first-order valence-corrected chi connectivity index (χ1v) is 12.2. The van der Waals surface area contributed by atoms with Gasteiger partial charge < -0.3 is 14.2 Å². The van der Waals surface area contributed by atoms with Crippen LogP contribution in [-0.2, 0) is 9.59 Å². The first-order valence-electron chi connectivity index (χ1n) is 10.8. The van der Waals surface area contributed by atoms with E-state index in [0.29, 0.717) is 41.4 Å². The van der Waals surface area contributed by atoms with Crippen molar-refractivity contribution in [1.29, 1.82) is 0 Å². The molecule has 10 heteroatoms. The van der Waals surface area contributed by atoms with Gasteiger partial charge in [-0.25, -0.2) is 0 Å². The molecule has 3 heterocycles. The van der Waals surface area contributed by atoms with Gasteiger partial charge >= 0.3 is 0 Å². The number of furan rings is 1. The standard InChI is InChI=1S/C23H26ClN5O3S/c1-15(2)22(31)28-10-9-27(13-16(28)3)20(30)14-33-23-26-25-21(19-8-5-11-32-19)29(23)18-7-4-6-17(24)12-18/h4-8,11-12,15-16H,9-10,13-14H2,1-3H3. The predicted octanol–water partition coefficient (Wildman–Crippen LogP) is 3.99. The SMILES string of the molecule is CC(C)C(=O)N1CCN(C(=O)CSc2nnc(-c3ccco3)n2-c2cccc(Cl)c2)CC1C. The largest absolute Gasteiger partial charge is 0.461 e. The highest BCUT2D eigenvalue weighted by Crippen LogP contribution is 2.29. The predicted molar refractivity (Wildman–Crippen MR) is 127 cm³/mol. The molecular weight excluding hydrogens is 462 g/mol. The Balaban J connectivity index is 1.49. The van der Waals surface area contributed by atoms with E-state index >= 15 is 0 Å². The topological polar surface area (TPSA) is 84.5 Å². The van der Waals surface area contributed by atoms with Crippen LogP contribution in [0, 0.1) is 5.92 Å². The molecule has 2 amide bonds. The number of hydrogen-bond acceptors (Lipinski definition) is 6. The number of carbonyl (C=O) groups excluding carboxylic acids is 2. The highest BCUT2D eigenvalue weighted by Gasteiger charge is 2.31. The Kier molecular flexibility index (Phi) is 7.09. The number of rotatable bonds is 6. The quantitative estimate of drug-likeness (QED) is 0.489. The van der Waals surface area contributed by atoms with Gasteiger partial charge in [0.1, 0.15) is 0 Å². The van der Waals surface area contributed by atoms with Gasteiger partial charge in [-0.05, 0) is 37.3 Å². The number of piperazine rings is 1. The smallest absolute Gasteiger partial charge is 0.233 e. The molecule has 0 radical (unpaired) electrons. The van der Waals surface area contributed by atoms with Gasteiger partial charge in [0.2, 0.25) is 17.6 Å². The molecule has 1 atom stereocenters. The number of amides is 2. The van der Waals surface area contributed by atoms with Gasteiger partial charge in [0.25, 0.3) is 0 Å². The van der Waals surface area contributed by atoms with E-state index in [-0.39, 0.29) is 29.5 Å². The van der Waals surface area contributed by atoms with Gasteiger partial charge in [0.15, 0.2) is 10.9 Å². The van der Waals surface area contributed by atoms with Gasteiger partial charge in [0, 0.05) is 36.6 Å². The summed E-state index contributed by atoms with van der Waals surface area (Å²) in [4.78, 5) is 29.0. The van der Waals surface area contributed by atoms with Crippen LogP contribution in [0.1, 0.15) is 20.8 Å². The Hall–Kier alpha value is -2.78. The third-order valence-corrected chi connectivity index (χ3v) is 6.67. The molecule has 1 unspecified atom stereocenters. The fourth-order valence-electron chi connectivity index (χ4n) is 3.84. The molecule has 0 bridgehead atoms. The van der Waals surface area contributed by atoms with Crippen molar-refractivity contribution < 1.29 is 14.0 Å². The van der Waals surface area contributed by atoms with Crippen molar-refractivity contribution in [2.24, 2.45) is 5.92 Å². The average molecular weight is 488 g/mol. The second-order valence-corrected chi connectivity index (χ2v) is 9.64. The molecule has 1 aliphatic rings. The molecule has 1 saturated heterocycles. The molecule has 0 spiro atoms. The third-order valence-electron chi connectivity index (χ3n) is 5.52. The van der Waals surface area contributed by atoms with Crippen molar-refractivity contribution >= 4 is 35.2 Å². The van der Waals surface area contributed by atoms with E-state index in [1.807, 2.05) is 59.4 Å². The molecule has 8 nitrogen and oxygen atoms in total. The number of carbonyl (C=O) groups is 2. The van der Waals surface area contributed by atoms with Crippen molar-refractivity contribution in [3.8, 4) is 17.3 Å². The normalized spacial score (nSPS) is 16.5. The van der Waals surface area contributed by atoms with Gasteiger partial charge in [-0.2, -0.15) is 0 Å². The number of nitrogens with zero attached hydrogens (tertiary/aromatic N) is 5. The summed E-state index contributed by atoms with van der Waals surface area (Å²) in [5.74, 6) is 1.40. The summed E-state index contributed by atoms with van der Waals surface area (Å²) in [7, 11) is 0. The average Bonchev–Trinajstić information content (AvgIpc) is 3.46. The van der Waals surface area contributed by atoms with Gasteiger partial charge in [-0.1, -0.05) is 43.3 Å². The van der Waals surface area contributed by atoms with Crippen LogP contribution in [0.5, 0.6) is 0 Å². The highest BCUT2D eigenvalue weighted by molar-refractivity contribution is 7.99. The van der Waals surface area contributed by atoms with E-state index in [1.165, 1.54) is 11.8 Å². The van der Waals surface area contributed by atoms with E-state index in [9.17, 15) is 9.59 Å². The minimum Gasteiger partial charge on any atom is -0.461 e. The third kappa shape index (κ3) is 5.09. The second-order valence-electron chi connectivity index (χ2n) is 8.26. The van der Waals surface area contributed by atoms with E-state index in [4.69, 9.17) is 16.0 Å².